The molecule has 20 heavy (non-hydrogen) atoms. The number of carboxylic acid groups (broad SMARTS) is 1. The van der Waals surface area contributed by atoms with E-state index in [1.165, 1.54) is 0 Å². The van der Waals surface area contributed by atoms with Crippen LogP contribution < -0.4 is 0 Å². The SMILES string of the molecule is CN(CC(=O)O)[C@@H](c1ccc(Cl)cc1)c1ccccn1. The van der Waals surface area contributed by atoms with Gasteiger partial charge in [0.1, 0.15) is 0 Å². The van der Waals surface area contributed by atoms with Gasteiger partial charge < -0.3 is 5.11 Å². The first-order valence-corrected chi connectivity index (χ1v) is 6.54. The van der Waals surface area contributed by atoms with Gasteiger partial charge in [-0.15, -0.1) is 0 Å². The zero-order chi connectivity index (χ0) is 14.5. The zero-order valence-electron chi connectivity index (χ0n) is 11.0. The molecule has 0 spiro atoms. The van der Waals surface area contributed by atoms with E-state index < -0.39 is 5.97 Å². The maximum atomic E-state index is 10.9. The Labute approximate surface area is 122 Å². The number of benzene rings is 1. The average Bonchev–Trinajstić information content (AvgIpc) is 2.42. The molecule has 1 heterocycles. The molecule has 1 aromatic carbocycles. The fraction of sp³-hybridized carbons (Fsp3) is 0.200. The van der Waals surface area contributed by atoms with E-state index in [9.17, 15) is 4.79 Å². The summed E-state index contributed by atoms with van der Waals surface area (Å²) in [5, 5.41) is 9.64. The van der Waals surface area contributed by atoms with Gasteiger partial charge in [-0.3, -0.25) is 14.7 Å². The summed E-state index contributed by atoms with van der Waals surface area (Å²) < 4.78 is 0. The van der Waals surface area contributed by atoms with Crippen LogP contribution in [0.25, 0.3) is 0 Å². The Morgan fingerprint density at radius 1 is 1.30 bits per heavy atom. The highest BCUT2D eigenvalue weighted by Gasteiger charge is 2.22. The Hall–Kier alpha value is -1.91. The number of halogens is 1. The summed E-state index contributed by atoms with van der Waals surface area (Å²) >= 11 is 5.90. The second-order valence-corrected chi connectivity index (χ2v) is 4.95. The van der Waals surface area contributed by atoms with Gasteiger partial charge in [0.15, 0.2) is 0 Å². The topological polar surface area (TPSA) is 53.4 Å². The van der Waals surface area contributed by atoms with Crippen LogP contribution in [0.1, 0.15) is 17.3 Å². The normalized spacial score (nSPS) is 12.3. The van der Waals surface area contributed by atoms with Crippen LogP contribution in [0, 0.1) is 0 Å². The number of rotatable bonds is 5. The van der Waals surface area contributed by atoms with Gasteiger partial charge in [-0.25, -0.2) is 0 Å². The lowest BCUT2D eigenvalue weighted by molar-refractivity contribution is -0.138. The number of carbonyl (C=O) groups is 1. The van der Waals surface area contributed by atoms with Crippen molar-refractivity contribution in [1.82, 2.24) is 9.88 Å². The largest absolute Gasteiger partial charge is 0.480 e. The highest BCUT2D eigenvalue weighted by atomic mass is 35.5. The molecule has 2 aromatic rings. The lowest BCUT2D eigenvalue weighted by atomic mass is 10.0. The Morgan fingerprint density at radius 3 is 2.55 bits per heavy atom. The summed E-state index contributed by atoms with van der Waals surface area (Å²) in [6, 6.07) is 12.8. The third-order valence-corrected chi connectivity index (χ3v) is 3.23. The van der Waals surface area contributed by atoms with Crippen LogP contribution >= 0.6 is 11.6 Å². The van der Waals surface area contributed by atoms with Crippen molar-refractivity contribution in [1.29, 1.82) is 0 Å². The van der Waals surface area contributed by atoms with Crippen LogP contribution in [-0.4, -0.2) is 34.6 Å². The minimum atomic E-state index is -0.873. The number of hydrogen-bond donors (Lipinski definition) is 1. The van der Waals surface area contributed by atoms with Gasteiger partial charge in [0.05, 0.1) is 18.3 Å². The molecule has 1 atom stereocenters. The Kier molecular flexibility index (Phi) is 4.71. The second-order valence-electron chi connectivity index (χ2n) is 4.52. The molecule has 0 fully saturated rings. The average molecular weight is 291 g/mol. The molecule has 5 heteroatoms. The summed E-state index contributed by atoms with van der Waals surface area (Å²) in [7, 11) is 1.77. The van der Waals surface area contributed by atoms with Crippen LogP contribution in [0.15, 0.2) is 48.7 Å². The molecule has 0 aliphatic carbocycles. The summed E-state index contributed by atoms with van der Waals surface area (Å²) in [6.07, 6.45) is 1.70. The van der Waals surface area contributed by atoms with Gasteiger partial charge in [0.25, 0.3) is 0 Å². The van der Waals surface area contributed by atoms with Crippen molar-refractivity contribution in [2.24, 2.45) is 0 Å². The van der Waals surface area contributed by atoms with E-state index >= 15 is 0 Å². The van der Waals surface area contributed by atoms with Crippen molar-refractivity contribution in [3.8, 4) is 0 Å². The van der Waals surface area contributed by atoms with Crippen molar-refractivity contribution in [3.05, 3.63) is 64.9 Å². The predicted molar refractivity (Wildman–Crippen MR) is 77.8 cm³/mol. The zero-order valence-corrected chi connectivity index (χ0v) is 11.8. The third kappa shape index (κ3) is 3.56. The quantitative estimate of drug-likeness (QED) is 0.920. The number of aliphatic carboxylic acids is 1. The molecule has 1 aromatic heterocycles. The molecule has 1 N–H and O–H groups in total. The Balaban J connectivity index is 2.38. The van der Waals surface area contributed by atoms with Gasteiger partial charge >= 0.3 is 5.97 Å². The Morgan fingerprint density at radius 2 is 2.00 bits per heavy atom. The maximum absolute atomic E-state index is 10.9. The summed E-state index contributed by atoms with van der Waals surface area (Å²) in [5.74, 6) is -0.873. The van der Waals surface area contributed by atoms with Gasteiger partial charge in [0.2, 0.25) is 0 Å². The number of hydrogen-bond acceptors (Lipinski definition) is 3. The minimum absolute atomic E-state index is 0.0656. The molecule has 0 saturated carbocycles. The molecular formula is C15H15ClN2O2. The molecular weight excluding hydrogens is 276 g/mol. The molecule has 2 rings (SSSR count). The number of aromatic nitrogens is 1. The van der Waals surface area contributed by atoms with E-state index in [1.54, 1.807) is 30.3 Å². The number of nitrogens with zero attached hydrogens (tertiary/aromatic N) is 2. The number of likely N-dealkylation sites (N-methyl/N-ethyl adjacent to an activating group) is 1. The van der Waals surface area contributed by atoms with Crippen molar-refractivity contribution in [2.75, 3.05) is 13.6 Å². The van der Waals surface area contributed by atoms with E-state index in [0.717, 1.165) is 11.3 Å². The lowest BCUT2D eigenvalue weighted by Gasteiger charge is -2.26. The predicted octanol–water partition coefficient (Wildman–Crippen LogP) is 2.84. The first-order chi connectivity index (χ1) is 9.58. The van der Waals surface area contributed by atoms with Crippen LogP contribution in [0.5, 0.6) is 0 Å². The molecule has 4 nitrogen and oxygen atoms in total. The van der Waals surface area contributed by atoms with E-state index in [1.807, 2.05) is 30.3 Å². The third-order valence-electron chi connectivity index (χ3n) is 2.98. The van der Waals surface area contributed by atoms with Crippen LogP contribution in [-0.2, 0) is 4.79 Å². The van der Waals surface area contributed by atoms with Crippen molar-refractivity contribution in [2.45, 2.75) is 6.04 Å². The molecule has 104 valence electrons. The fourth-order valence-electron chi connectivity index (χ4n) is 2.14. The van der Waals surface area contributed by atoms with Crippen LogP contribution in [0.4, 0.5) is 0 Å². The van der Waals surface area contributed by atoms with Gasteiger partial charge in [0, 0.05) is 11.2 Å². The summed E-state index contributed by atoms with van der Waals surface area (Å²) in [5.41, 5.74) is 1.76. The molecule has 0 saturated heterocycles. The van der Waals surface area contributed by atoms with Crippen LogP contribution in [0.2, 0.25) is 5.02 Å². The highest BCUT2D eigenvalue weighted by molar-refractivity contribution is 6.30. The van der Waals surface area contributed by atoms with E-state index in [-0.39, 0.29) is 12.6 Å². The smallest absolute Gasteiger partial charge is 0.317 e. The standard InChI is InChI=1S/C15H15ClN2O2/c1-18(10-14(19)20)15(13-4-2-3-9-17-13)11-5-7-12(16)8-6-11/h2-9,15H,10H2,1H3,(H,19,20)/t15-/m0/s1. The molecule has 0 aliphatic heterocycles. The maximum Gasteiger partial charge on any atom is 0.317 e. The minimum Gasteiger partial charge on any atom is -0.480 e. The number of pyridine rings is 1. The van der Waals surface area contributed by atoms with E-state index in [2.05, 4.69) is 4.98 Å². The monoisotopic (exact) mass is 290 g/mol. The van der Waals surface area contributed by atoms with Gasteiger partial charge in [-0.1, -0.05) is 29.8 Å². The molecule has 0 amide bonds. The summed E-state index contributed by atoms with van der Waals surface area (Å²) in [4.78, 5) is 17.0. The first-order valence-electron chi connectivity index (χ1n) is 6.16. The summed E-state index contributed by atoms with van der Waals surface area (Å²) in [6.45, 7) is -0.0656. The van der Waals surface area contributed by atoms with E-state index in [4.69, 9.17) is 16.7 Å². The van der Waals surface area contributed by atoms with Crippen molar-refractivity contribution < 1.29 is 9.90 Å². The number of carboxylic acids is 1. The van der Waals surface area contributed by atoms with Gasteiger partial charge in [-0.05, 0) is 36.9 Å². The van der Waals surface area contributed by atoms with Crippen molar-refractivity contribution >= 4 is 17.6 Å². The van der Waals surface area contributed by atoms with Crippen molar-refractivity contribution in [3.63, 3.8) is 0 Å². The van der Waals surface area contributed by atoms with Crippen LogP contribution in [0.3, 0.4) is 0 Å². The first kappa shape index (κ1) is 14.5. The Bertz CT molecular complexity index is 572. The molecule has 0 aliphatic rings. The lowest BCUT2D eigenvalue weighted by Crippen LogP contribution is -2.31. The second kappa shape index (κ2) is 6.50. The molecule has 0 radical (unpaired) electrons. The molecule has 0 unspecified atom stereocenters. The molecule has 0 bridgehead atoms. The fourth-order valence-corrected chi connectivity index (χ4v) is 2.26. The highest BCUT2D eigenvalue weighted by Crippen LogP contribution is 2.26. The van der Waals surface area contributed by atoms with E-state index in [0.29, 0.717) is 5.02 Å². The van der Waals surface area contributed by atoms with Gasteiger partial charge in [-0.2, -0.15) is 0 Å².